The molecule has 2 bridgehead atoms. The Morgan fingerprint density at radius 3 is 2.73 bits per heavy atom. The minimum atomic E-state index is -0.471. The van der Waals surface area contributed by atoms with Gasteiger partial charge in [-0.1, -0.05) is 23.7 Å². The third-order valence-electron chi connectivity index (χ3n) is 7.32. The first-order valence-electron chi connectivity index (χ1n) is 13.7. The third-order valence-corrected chi connectivity index (χ3v) is 7.60. The van der Waals surface area contributed by atoms with Gasteiger partial charge in [0, 0.05) is 51.5 Å². The first-order chi connectivity index (χ1) is 19.9. The van der Waals surface area contributed by atoms with Gasteiger partial charge >= 0.3 is 0 Å². The first kappa shape index (κ1) is 28.4. The van der Waals surface area contributed by atoms with Crippen LogP contribution in [-0.4, -0.2) is 88.2 Å². The number of hydrogen-bond acceptors (Lipinski definition) is 7. The van der Waals surface area contributed by atoms with Gasteiger partial charge in [0.25, 0.3) is 11.8 Å². The number of nitrogens with zero attached hydrogens (tertiary/aromatic N) is 5. The number of benzene rings is 1. The van der Waals surface area contributed by atoms with Gasteiger partial charge in [0.15, 0.2) is 5.69 Å². The van der Waals surface area contributed by atoms with Crippen LogP contribution < -0.4 is 14.8 Å². The maximum absolute atomic E-state index is 13.5. The summed E-state index contributed by atoms with van der Waals surface area (Å²) in [5.74, 6) is -0.452. The summed E-state index contributed by atoms with van der Waals surface area (Å²) < 4.78 is 13.1. The molecule has 2 aliphatic heterocycles. The van der Waals surface area contributed by atoms with Gasteiger partial charge in [-0.25, -0.2) is 4.98 Å². The average molecular weight is 581 g/mol. The predicted octanol–water partition coefficient (Wildman–Crippen LogP) is 2.76. The number of aromatic nitrogens is 3. The molecular formula is C29H33ClN6O5. The minimum Gasteiger partial charge on any atom is -0.492 e. The zero-order chi connectivity index (χ0) is 28.9. The van der Waals surface area contributed by atoms with Crippen molar-refractivity contribution in [2.45, 2.75) is 19.3 Å². The van der Waals surface area contributed by atoms with Gasteiger partial charge in [0.2, 0.25) is 11.8 Å². The van der Waals surface area contributed by atoms with Crippen LogP contribution in [-0.2, 0) is 11.8 Å². The Kier molecular flexibility index (Phi) is 8.72. The lowest BCUT2D eigenvalue weighted by Crippen LogP contribution is -2.39. The third kappa shape index (κ3) is 6.30. The quantitative estimate of drug-likeness (QED) is 0.504. The monoisotopic (exact) mass is 580 g/mol. The van der Waals surface area contributed by atoms with Gasteiger partial charge < -0.3 is 24.6 Å². The van der Waals surface area contributed by atoms with Crippen molar-refractivity contribution in [3.8, 4) is 11.6 Å². The molecule has 0 unspecified atom stereocenters. The molecule has 1 N–H and O–H groups in total. The highest BCUT2D eigenvalue weighted by Crippen LogP contribution is 2.35. The van der Waals surface area contributed by atoms with Crippen LogP contribution in [0.2, 0.25) is 5.02 Å². The number of fused-ring (bicyclic) bond motifs is 4. The van der Waals surface area contributed by atoms with E-state index in [1.165, 1.54) is 4.68 Å². The van der Waals surface area contributed by atoms with E-state index in [0.717, 1.165) is 5.56 Å². The molecule has 5 rings (SSSR count). The van der Waals surface area contributed by atoms with Crippen LogP contribution >= 0.6 is 11.6 Å². The second-order valence-corrected chi connectivity index (χ2v) is 10.5. The molecule has 41 heavy (non-hydrogen) atoms. The summed E-state index contributed by atoms with van der Waals surface area (Å²) in [7, 11) is 1.70. The number of halogens is 1. The average Bonchev–Trinajstić information content (AvgIpc) is 3.57. The zero-order valence-corrected chi connectivity index (χ0v) is 23.8. The topological polar surface area (TPSA) is 119 Å². The standard InChI is InChI=1S/C29H33ClN6O5/c1-3-40-27-21(9-5-10-32-27)28(38)35-12-6-11-31-26(37)23-17-36(29(39)25-24(30)18-34(2)33-25)16-22(23)19-7-4-8-20(15-19)41-14-13-35/h4-5,7-10,15,18,22-23H,3,6,11-14,16-17H2,1-2H3,(H,31,37)/t22-,23+/m1/s1. The Morgan fingerprint density at radius 2 is 1.95 bits per heavy atom. The van der Waals surface area contributed by atoms with Crippen LogP contribution in [0.4, 0.5) is 0 Å². The molecule has 3 aromatic rings. The van der Waals surface area contributed by atoms with Gasteiger partial charge in [-0.3, -0.25) is 19.1 Å². The molecule has 216 valence electrons. The molecule has 1 fully saturated rings. The van der Waals surface area contributed by atoms with Crippen LogP contribution in [0.25, 0.3) is 0 Å². The molecule has 4 heterocycles. The Bertz CT molecular complexity index is 1430. The molecule has 2 aromatic heterocycles. The van der Waals surface area contributed by atoms with Crippen LogP contribution in [0.3, 0.4) is 0 Å². The molecule has 0 radical (unpaired) electrons. The summed E-state index contributed by atoms with van der Waals surface area (Å²) in [6.45, 7) is 4.22. The number of carbonyl (C=O) groups is 3. The van der Waals surface area contributed by atoms with Crippen molar-refractivity contribution in [2.24, 2.45) is 13.0 Å². The fraction of sp³-hybridized carbons (Fsp3) is 0.414. The highest BCUT2D eigenvalue weighted by Gasteiger charge is 2.41. The van der Waals surface area contributed by atoms with Crippen LogP contribution in [0.5, 0.6) is 11.6 Å². The summed E-state index contributed by atoms with van der Waals surface area (Å²) in [5.41, 5.74) is 1.45. The normalized spacial score (nSPS) is 19.5. The van der Waals surface area contributed by atoms with Gasteiger partial charge in [-0.15, -0.1) is 0 Å². The molecular weight excluding hydrogens is 548 g/mol. The number of rotatable bonds is 4. The number of nitrogens with one attached hydrogen (secondary N) is 1. The Hall–Kier alpha value is -4.12. The van der Waals surface area contributed by atoms with Gasteiger partial charge in [0.05, 0.1) is 24.1 Å². The maximum atomic E-state index is 13.5. The van der Waals surface area contributed by atoms with Crippen LogP contribution in [0, 0.1) is 5.92 Å². The summed E-state index contributed by atoms with van der Waals surface area (Å²) in [4.78, 5) is 47.8. The largest absolute Gasteiger partial charge is 0.492 e. The van der Waals surface area contributed by atoms with Crippen molar-refractivity contribution in [3.05, 3.63) is 70.6 Å². The molecule has 1 saturated heterocycles. The van der Waals surface area contributed by atoms with E-state index in [1.807, 2.05) is 31.2 Å². The van der Waals surface area contributed by atoms with Crippen molar-refractivity contribution in [1.82, 2.24) is 29.9 Å². The smallest absolute Gasteiger partial charge is 0.275 e. The van der Waals surface area contributed by atoms with Crippen molar-refractivity contribution >= 4 is 29.3 Å². The van der Waals surface area contributed by atoms with Gasteiger partial charge in [0.1, 0.15) is 17.9 Å². The van der Waals surface area contributed by atoms with Crippen molar-refractivity contribution in [2.75, 3.05) is 45.9 Å². The molecule has 12 heteroatoms. The fourth-order valence-corrected chi connectivity index (χ4v) is 5.60. The highest BCUT2D eigenvalue weighted by atomic mass is 35.5. The Morgan fingerprint density at radius 1 is 1.12 bits per heavy atom. The number of ether oxygens (including phenoxy) is 2. The van der Waals surface area contributed by atoms with Gasteiger partial charge in [-0.05, 0) is 43.2 Å². The summed E-state index contributed by atoms with van der Waals surface area (Å²) in [6.07, 6.45) is 3.71. The SMILES string of the molecule is CCOc1ncccc1C(=O)N1CCCNC(=O)[C@H]2CN(C(=O)c3nn(C)cc3Cl)C[C@@H]2c2cccc(c2)OCC1. The van der Waals surface area contributed by atoms with Crippen molar-refractivity contribution in [1.29, 1.82) is 0 Å². The van der Waals surface area contributed by atoms with E-state index in [4.69, 9.17) is 21.1 Å². The molecule has 2 atom stereocenters. The van der Waals surface area contributed by atoms with Crippen LogP contribution in [0.1, 0.15) is 45.7 Å². The highest BCUT2D eigenvalue weighted by molar-refractivity contribution is 6.33. The lowest BCUT2D eigenvalue weighted by atomic mass is 9.88. The number of carbonyl (C=O) groups excluding carboxylic acids is 3. The predicted molar refractivity (Wildman–Crippen MR) is 151 cm³/mol. The van der Waals surface area contributed by atoms with E-state index < -0.39 is 5.92 Å². The van der Waals surface area contributed by atoms with E-state index in [0.29, 0.717) is 56.4 Å². The summed E-state index contributed by atoms with van der Waals surface area (Å²) >= 11 is 6.25. The lowest BCUT2D eigenvalue weighted by molar-refractivity contribution is -0.124. The summed E-state index contributed by atoms with van der Waals surface area (Å²) in [6, 6.07) is 11.0. The van der Waals surface area contributed by atoms with E-state index in [1.54, 1.807) is 41.4 Å². The Labute approximate surface area is 243 Å². The zero-order valence-electron chi connectivity index (χ0n) is 23.1. The molecule has 0 aliphatic carbocycles. The molecule has 1 aromatic carbocycles. The maximum Gasteiger partial charge on any atom is 0.275 e. The lowest BCUT2D eigenvalue weighted by Gasteiger charge is -2.25. The first-order valence-corrected chi connectivity index (χ1v) is 14.1. The number of pyridine rings is 1. The Balaban J connectivity index is 1.36. The van der Waals surface area contributed by atoms with Crippen molar-refractivity contribution in [3.63, 3.8) is 0 Å². The van der Waals surface area contributed by atoms with Gasteiger partial charge in [-0.2, -0.15) is 5.10 Å². The van der Waals surface area contributed by atoms with E-state index in [-0.39, 0.29) is 47.5 Å². The van der Waals surface area contributed by atoms with E-state index in [2.05, 4.69) is 15.4 Å². The number of aryl methyl sites for hydroxylation is 1. The second-order valence-electron chi connectivity index (χ2n) is 10.1. The number of hydrogen-bond donors (Lipinski definition) is 1. The number of likely N-dealkylation sites (tertiary alicyclic amines) is 1. The summed E-state index contributed by atoms with van der Waals surface area (Å²) in [5, 5.41) is 7.52. The van der Waals surface area contributed by atoms with Crippen LogP contribution in [0.15, 0.2) is 48.8 Å². The second kappa shape index (κ2) is 12.6. The number of amides is 3. The van der Waals surface area contributed by atoms with E-state index >= 15 is 0 Å². The van der Waals surface area contributed by atoms with Crippen molar-refractivity contribution < 1.29 is 23.9 Å². The molecule has 0 spiro atoms. The molecule has 2 aliphatic rings. The molecule has 0 saturated carbocycles. The minimum absolute atomic E-state index is 0.149. The molecule has 11 nitrogen and oxygen atoms in total. The van der Waals surface area contributed by atoms with E-state index in [9.17, 15) is 14.4 Å². The molecule has 3 amide bonds. The fourth-order valence-electron chi connectivity index (χ4n) is 5.34.